The lowest BCUT2D eigenvalue weighted by Crippen LogP contribution is -2.51. The van der Waals surface area contributed by atoms with E-state index in [1.165, 1.54) is 0 Å². The van der Waals surface area contributed by atoms with E-state index < -0.39 is 11.0 Å². The molecular weight excluding hydrogens is 392 g/mol. The average molecular weight is 415 g/mol. The average Bonchev–Trinajstić information content (AvgIpc) is 3.29. The van der Waals surface area contributed by atoms with Gasteiger partial charge in [-0.15, -0.1) is 0 Å². The second kappa shape index (κ2) is 6.80. The Hall–Kier alpha value is -3.91. The summed E-state index contributed by atoms with van der Waals surface area (Å²) in [5.41, 5.74) is 3.84. The Morgan fingerprint density at radius 2 is 1.28 bits per heavy atom. The molecule has 0 amide bonds. The lowest BCUT2D eigenvalue weighted by molar-refractivity contribution is -0.120. The van der Waals surface area contributed by atoms with Crippen LogP contribution in [-0.2, 0) is 15.8 Å². The molecule has 2 heteroatoms. The molecule has 0 saturated carbocycles. The van der Waals surface area contributed by atoms with Gasteiger partial charge in [0.25, 0.3) is 0 Å². The van der Waals surface area contributed by atoms with Crippen LogP contribution >= 0.6 is 0 Å². The van der Waals surface area contributed by atoms with Crippen LogP contribution in [-0.4, -0.2) is 5.78 Å². The highest BCUT2D eigenvalue weighted by atomic mass is 16.5. The van der Waals surface area contributed by atoms with Crippen LogP contribution in [0.2, 0.25) is 0 Å². The third kappa shape index (κ3) is 2.27. The molecule has 1 aliphatic carbocycles. The van der Waals surface area contributed by atoms with Crippen molar-refractivity contribution in [2.24, 2.45) is 0 Å². The number of carbonyl (C=O) groups is 1. The van der Waals surface area contributed by atoms with Gasteiger partial charge in [-0.3, -0.25) is 4.79 Å². The maximum atomic E-state index is 14.3. The molecule has 1 aliphatic heterocycles. The summed E-state index contributed by atoms with van der Waals surface area (Å²) in [5, 5.41) is 0. The minimum absolute atomic E-state index is 0.0516. The Kier molecular flexibility index (Phi) is 4.00. The van der Waals surface area contributed by atoms with Crippen molar-refractivity contribution in [1.29, 1.82) is 0 Å². The Labute approximate surface area is 187 Å². The summed E-state index contributed by atoms with van der Waals surface area (Å²) in [4.78, 5) is 14.3. The van der Waals surface area contributed by atoms with Crippen LogP contribution in [0.4, 0.5) is 0 Å². The van der Waals surface area contributed by atoms with Crippen LogP contribution in [0.5, 0.6) is 5.75 Å². The van der Waals surface area contributed by atoms with Crippen LogP contribution in [0.15, 0.2) is 115 Å². The maximum Gasteiger partial charge on any atom is 0.181 e. The number of rotatable bonds is 3. The summed E-state index contributed by atoms with van der Waals surface area (Å²) in [5.74, 6) is 0.814. The first-order valence-corrected chi connectivity index (χ1v) is 10.9. The predicted octanol–water partition coefficient (Wildman–Crippen LogP) is 6.24. The summed E-state index contributed by atoms with van der Waals surface area (Å²) < 4.78 is 6.97. The predicted molar refractivity (Wildman–Crippen MR) is 127 cm³/mol. The zero-order valence-corrected chi connectivity index (χ0v) is 17.8. The molecule has 0 fully saturated rings. The van der Waals surface area contributed by atoms with Gasteiger partial charge in [0.15, 0.2) is 11.4 Å². The van der Waals surface area contributed by atoms with Crippen LogP contribution in [0.1, 0.15) is 27.8 Å². The first-order chi connectivity index (χ1) is 15.7. The number of benzene rings is 4. The van der Waals surface area contributed by atoms with E-state index in [1.807, 2.05) is 66.7 Å². The number of hydrogen-bond acceptors (Lipinski definition) is 2. The van der Waals surface area contributed by atoms with Crippen LogP contribution < -0.4 is 4.74 Å². The molecule has 0 N–H and O–H groups in total. The lowest BCUT2D eigenvalue weighted by atomic mass is 9.60. The second-order valence-electron chi connectivity index (χ2n) is 8.55. The van der Waals surface area contributed by atoms with Gasteiger partial charge in [0.05, 0.1) is 0 Å². The molecule has 0 spiro atoms. The zero-order valence-electron chi connectivity index (χ0n) is 17.8. The highest BCUT2D eigenvalue weighted by Crippen LogP contribution is 2.66. The van der Waals surface area contributed by atoms with E-state index in [1.54, 1.807) is 6.08 Å². The fraction of sp³-hybridized carbons (Fsp3) is 0.100. The number of allylic oxidation sites excluding steroid dienone is 1. The molecule has 154 valence electrons. The molecule has 2 nitrogen and oxygen atoms in total. The normalized spacial score (nSPS) is 23.3. The first kappa shape index (κ1) is 18.8. The highest BCUT2D eigenvalue weighted by Gasteiger charge is 2.70. The van der Waals surface area contributed by atoms with Crippen molar-refractivity contribution < 1.29 is 9.53 Å². The second-order valence-corrected chi connectivity index (χ2v) is 8.55. The molecule has 32 heavy (non-hydrogen) atoms. The Bertz CT molecular complexity index is 1360. The largest absolute Gasteiger partial charge is 0.476 e. The molecule has 6 rings (SSSR count). The van der Waals surface area contributed by atoms with E-state index >= 15 is 0 Å². The summed E-state index contributed by atoms with van der Waals surface area (Å²) in [6, 6.07) is 36.6. The number of ether oxygens (including phenoxy) is 1. The van der Waals surface area contributed by atoms with Crippen molar-refractivity contribution >= 4 is 11.4 Å². The topological polar surface area (TPSA) is 26.3 Å². The smallest absolute Gasteiger partial charge is 0.181 e. The van der Waals surface area contributed by atoms with Gasteiger partial charge in [-0.2, -0.15) is 0 Å². The van der Waals surface area contributed by atoms with Crippen molar-refractivity contribution in [3.63, 3.8) is 0 Å². The van der Waals surface area contributed by atoms with Gasteiger partial charge in [-0.05, 0) is 30.2 Å². The molecule has 0 radical (unpaired) electrons. The molecule has 2 atom stereocenters. The summed E-state index contributed by atoms with van der Waals surface area (Å²) in [7, 11) is 0. The van der Waals surface area contributed by atoms with Gasteiger partial charge in [-0.1, -0.05) is 109 Å². The van der Waals surface area contributed by atoms with E-state index in [4.69, 9.17) is 4.74 Å². The monoisotopic (exact) mass is 414 g/mol. The minimum Gasteiger partial charge on any atom is -0.476 e. The number of aryl methyl sites for hydroxylation is 1. The minimum atomic E-state index is -0.998. The summed E-state index contributed by atoms with van der Waals surface area (Å²) >= 11 is 0. The summed E-state index contributed by atoms with van der Waals surface area (Å²) in [6.45, 7) is 2.06. The van der Waals surface area contributed by atoms with Gasteiger partial charge >= 0.3 is 0 Å². The van der Waals surface area contributed by atoms with Crippen molar-refractivity contribution in [1.82, 2.24) is 0 Å². The SMILES string of the molecule is Cc1ccc2c(c1)[C@@]1(c3ccccc3)C(=O)C=C(c3ccccc3)[C@@]1(c1ccccc1)O2. The molecule has 0 saturated heterocycles. The van der Waals surface area contributed by atoms with E-state index in [2.05, 4.69) is 49.4 Å². The molecule has 0 aromatic heterocycles. The quantitative estimate of drug-likeness (QED) is 0.397. The van der Waals surface area contributed by atoms with Crippen molar-refractivity contribution in [2.45, 2.75) is 17.9 Å². The Balaban J connectivity index is 1.78. The Morgan fingerprint density at radius 1 is 0.688 bits per heavy atom. The van der Waals surface area contributed by atoms with Crippen LogP contribution in [0, 0.1) is 6.92 Å². The van der Waals surface area contributed by atoms with Crippen LogP contribution in [0.3, 0.4) is 0 Å². The molecule has 1 heterocycles. The standard InChI is InChI=1S/C30H22O2/c1-21-17-18-27-26(19-21)29(23-13-7-3-8-14-23)28(31)20-25(22-11-5-2-6-12-22)30(29,32-27)24-15-9-4-10-16-24/h2-20H,1H3/t29-,30+/m0/s1. The fourth-order valence-corrected chi connectivity index (χ4v) is 5.56. The number of carbonyl (C=O) groups excluding carboxylic acids is 1. The van der Waals surface area contributed by atoms with Gasteiger partial charge in [-0.25, -0.2) is 0 Å². The number of fused-ring (bicyclic) bond motifs is 3. The van der Waals surface area contributed by atoms with Gasteiger partial charge in [0.1, 0.15) is 11.2 Å². The molecule has 4 aromatic carbocycles. The third-order valence-corrected chi connectivity index (χ3v) is 6.83. The maximum absolute atomic E-state index is 14.3. The van der Waals surface area contributed by atoms with Crippen molar-refractivity contribution in [2.75, 3.05) is 0 Å². The van der Waals surface area contributed by atoms with E-state index in [9.17, 15) is 4.79 Å². The van der Waals surface area contributed by atoms with Gasteiger partial charge < -0.3 is 4.74 Å². The van der Waals surface area contributed by atoms with Crippen molar-refractivity contribution in [3.05, 3.63) is 143 Å². The molecule has 2 aliphatic rings. The first-order valence-electron chi connectivity index (χ1n) is 10.9. The fourth-order valence-electron chi connectivity index (χ4n) is 5.56. The third-order valence-electron chi connectivity index (χ3n) is 6.83. The lowest BCUT2D eigenvalue weighted by Gasteiger charge is -2.41. The van der Waals surface area contributed by atoms with Crippen LogP contribution in [0.25, 0.3) is 5.57 Å². The van der Waals surface area contributed by atoms with Gasteiger partial charge in [0, 0.05) is 16.7 Å². The van der Waals surface area contributed by atoms with Crippen molar-refractivity contribution in [3.8, 4) is 5.75 Å². The molecule has 0 bridgehead atoms. The summed E-state index contributed by atoms with van der Waals surface area (Å²) in [6.07, 6.45) is 1.81. The Morgan fingerprint density at radius 3 is 1.94 bits per heavy atom. The number of hydrogen-bond donors (Lipinski definition) is 0. The molecule has 4 aromatic rings. The molecule has 0 unspecified atom stereocenters. The highest BCUT2D eigenvalue weighted by molar-refractivity contribution is 6.16. The zero-order chi connectivity index (χ0) is 21.8. The van der Waals surface area contributed by atoms with Gasteiger partial charge in [0.2, 0.25) is 0 Å². The number of ketones is 1. The van der Waals surface area contributed by atoms with E-state index in [-0.39, 0.29) is 5.78 Å². The van der Waals surface area contributed by atoms with E-state index in [0.717, 1.165) is 39.1 Å². The molecular formula is C30H22O2. The van der Waals surface area contributed by atoms with E-state index in [0.29, 0.717) is 0 Å².